The summed E-state index contributed by atoms with van der Waals surface area (Å²) in [5.74, 6) is 8.74. The van der Waals surface area contributed by atoms with Crippen molar-refractivity contribution < 1.29 is 0 Å². The highest BCUT2D eigenvalue weighted by Crippen LogP contribution is 2.39. The topological polar surface area (TPSA) is 67.1 Å². The molecule has 1 aromatic heterocycles. The lowest BCUT2D eigenvalue weighted by Crippen LogP contribution is -2.30. The summed E-state index contributed by atoms with van der Waals surface area (Å²) in [4.78, 5) is 11.4. The van der Waals surface area contributed by atoms with Crippen LogP contribution in [0.1, 0.15) is 50.3 Å². The van der Waals surface area contributed by atoms with Gasteiger partial charge in [0, 0.05) is 25.1 Å². The van der Waals surface area contributed by atoms with Crippen molar-refractivity contribution in [2.45, 2.75) is 50.5 Å². The molecular weight excluding hydrogens is 226 g/mol. The molecule has 0 unspecified atom stereocenters. The van der Waals surface area contributed by atoms with Crippen LogP contribution in [0.3, 0.4) is 0 Å². The normalized spacial score (nSPS) is 20.1. The molecule has 0 aromatic carbocycles. The summed E-state index contributed by atoms with van der Waals surface area (Å²) >= 11 is 0. The van der Waals surface area contributed by atoms with Crippen LogP contribution < -0.4 is 16.2 Å². The maximum absolute atomic E-state index is 5.50. The molecule has 2 fully saturated rings. The second-order valence-corrected chi connectivity index (χ2v) is 5.44. The Hall–Kier alpha value is -1.36. The van der Waals surface area contributed by atoms with Gasteiger partial charge in [-0.15, -0.1) is 0 Å². The smallest absolute Gasteiger partial charge is 0.145 e. The first-order valence-electron chi connectivity index (χ1n) is 6.86. The Balaban J connectivity index is 1.86. The van der Waals surface area contributed by atoms with Crippen LogP contribution in [0.5, 0.6) is 0 Å². The van der Waals surface area contributed by atoms with E-state index in [1.807, 2.05) is 6.07 Å². The number of nitrogens with one attached hydrogen (secondary N) is 1. The number of hydrogen-bond acceptors (Lipinski definition) is 5. The lowest BCUT2D eigenvalue weighted by molar-refractivity contribution is 0.643. The van der Waals surface area contributed by atoms with Crippen LogP contribution in [0.4, 0.5) is 11.6 Å². The summed E-state index contributed by atoms with van der Waals surface area (Å²) in [6.07, 6.45) is 7.62. The van der Waals surface area contributed by atoms with Crippen molar-refractivity contribution in [1.82, 2.24) is 9.97 Å². The van der Waals surface area contributed by atoms with Crippen LogP contribution in [0.25, 0.3) is 0 Å². The van der Waals surface area contributed by atoms with E-state index in [1.54, 1.807) is 0 Å². The third-order valence-corrected chi connectivity index (χ3v) is 4.05. The maximum atomic E-state index is 5.50. The Labute approximate surface area is 108 Å². The van der Waals surface area contributed by atoms with Crippen LogP contribution in [0, 0.1) is 0 Å². The number of nitrogens with two attached hydrogens (primary N) is 1. The molecule has 2 aliphatic rings. The third-order valence-electron chi connectivity index (χ3n) is 4.05. The summed E-state index contributed by atoms with van der Waals surface area (Å²) in [5.41, 5.74) is 2.66. The molecule has 0 spiro atoms. The van der Waals surface area contributed by atoms with E-state index in [9.17, 15) is 0 Å². The summed E-state index contributed by atoms with van der Waals surface area (Å²) in [5, 5.41) is 0. The van der Waals surface area contributed by atoms with Gasteiger partial charge < -0.3 is 10.3 Å². The second kappa shape index (κ2) is 4.72. The van der Waals surface area contributed by atoms with Gasteiger partial charge in [0.25, 0.3) is 0 Å². The minimum Gasteiger partial charge on any atom is -0.357 e. The quantitative estimate of drug-likeness (QED) is 0.629. The van der Waals surface area contributed by atoms with E-state index in [-0.39, 0.29) is 0 Å². The van der Waals surface area contributed by atoms with Gasteiger partial charge in [0.1, 0.15) is 17.5 Å². The van der Waals surface area contributed by atoms with Crippen molar-refractivity contribution in [3.63, 3.8) is 0 Å². The van der Waals surface area contributed by atoms with Crippen LogP contribution in [0.15, 0.2) is 6.07 Å². The number of aromatic nitrogens is 2. The van der Waals surface area contributed by atoms with Crippen molar-refractivity contribution >= 4 is 11.6 Å². The molecule has 3 N–H and O–H groups in total. The highest BCUT2D eigenvalue weighted by atomic mass is 15.3. The van der Waals surface area contributed by atoms with Crippen molar-refractivity contribution in [2.75, 3.05) is 17.4 Å². The lowest BCUT2D eigenvalue weighted by atomic mass is 10.2. The molecule has 2 aliphatic carbocycles. The highest BCUT2D eigenvalue weighted by molar-refractivity contribution is 5.49. The number of nitrogens with zero attached hydrogens (tertiary/aromatic N) is 3. The van der Waals surface area contributed by atoms with Gasteiger partial charge in [-0.3, -0.25) is 0 Å². The first-order valence-corrected chi connectivity index (χ1v) is 6.86. The minimum absolute atomic E-state index is 0.550. The zero-order valence-electron chi connectivity index (χ0n) is 10.9. The van der Waals surface area contributed by atoms with Crippen molar-refractivity contribution in [2.24, 2.45) is 5.84 Å². The number of nitrogen functional groups attached to an aromatic ring is 1. The van der Waals surface area contributed by atoms with E-state index in [0.717, 1.165) is 17.5 Å². The minimum atomic E-state index is 0.550. The van der Waals surface area contributed by atoms with E-state index >= 15 is 0 Å². The van der Waals surface area contributed by atoms with E-state index < -0.39 is 0 Å². The van der Waals surface area contributed by atoms with Crippen molar-refractivity contribution in [3.8, 4) is 0 Å². The number of anilines is 2. The standard InChI is InChI=1S/C13H21N5/c1-18(10-4-2-3-5-10)12-8-11(17-14)15-13(16-12)9-6-7-9/h8-10H,2-7,14H2,1H3,(H,15,16,17). The molecule has 0 radical (unpaired) electrons. The summed E-state index contributed by atoms with van der Waals surface area (Å²) < 4.78 is 0. The summed E-state index contributed by atoms with van der Waals surface area (Å²) in [6.45, 7) is 0. The van der Waals surface area contributed by atoms with E-state index in [4.69, 9.17) is 10.8 Å². The maximum Gasteiger partial charge on any atom is 0.145 e. The van der Waals surface area contributed by atoms with Gasteiger partial charge in [-0.05, 0) is 25.7 Å². The molecule has 5 nitrogen and oxygen atoms in total. The lowest BCUT2D eigenvalue weighted by Gasteiger charge is -2.26. The molecule has 1 aromatic rings. The number of rotatable bonds is 4. The SMILES string of the molecule is CN(c1cc(NN)nc(C2CC2)n1)C1CCCC1. The van der Waals surface area contributed by atoms with Gasteiger partial charge in [-0.2, -0.15) is 0 Å². The van der Waals surface area contributed by atoms with Crippen LogP contribution in [-0.4, -0.2) is 23.1 Å². The largest absolute Gasteiger partial charge is 0.357 e. The Morgan fingerprint density at radius 1 is 1.22 bits per heavy atom. The molecule has 0 atom stereocenters. The Bertz CT molecular complexity index is 423. The first-order chi connectivity index (χ1) is 8.78. The molecule has 2 saturated carbocycles. The van der Waals surface area contributed by atoms with Crippen molar-refractivity contribution in [1.29, 1.82) is 0 Å². The average molecular weight is 247 g/mol. The Kier molecular flexibility index (Phi) is 3.07. The Morgan fingerprint density at radius 3 is 2.56 bits per heavy atom. The Morgan fingerprint density at radius 2 is 1.94 bits per heavy atom. The van der Waals surface area contributed by atoms with Gasteiger partial charge >= 0.3 is 0 Å². The van der Waals surface area contributed by atoms with Gasteiger partial charge in [0.2, 0.25) is 0 Å². The molecule has 3 rings (SSSR count). The summed E-state index contributed by atoms with van der Waals surface area (Å²) in [6, 6.07) is 2.57. The zero-order valence-corrected chi connectivity index (χ0v) is 10.9. The predicted molar refractivity (Wildman–Crippen MR) is 72.5 cm³/mol. The average Bonchev–Trinajstić information content (AvgIpc) is 3.12. The molecule has 18 heavy (non-hydrogen) atoms. The number of hydrazine groups is 1. The summed E-state index contributed by atoms with van der Waals surface area (Å²) in [7, 11) is 2.13. The van der Waals surface area contributed by atoms with Crippen LogP contribution in [0.2, 0.25) is 0 Å². The molecule has 0 amide bonds. The van der Waals surface area contributed by atoms with E-state index in [2.05, 4.69) is 22.4 Å². The van der Waals surface area contributed by atoms with Gasteiger partial charge in [0.05, 0.1) is 0 Å². The fraction of sp³-hybridized carbons (Fsp3) is 0.692. The predicted octanol–water partition coefficient (Wildman–Crippen LogP) is 2.02. The molecule has 5 heteroatoms. The van der Waals surface area contributed by atoms with Gasteiger partial charge in [-0.25, -0.2) is 15.8 Å². The fourth-order valence-electron chi connectivity index (χ4n) is 2.71. The highest BCUT2D eigenvalue weighted by Gasteiger charge is 2.28. The van der Waals surface area contributed by atoms with Gasteiger partial charge in [0.15, 0.2) is 0 Å². The van der Waals surface area contributed by atoms with Crippen molar-refractivity contribution in [3.05, 3.63) is 11.9 Å². The first kappa shape index (κ1) is 11.7. The third kappa shape index (κ3) is 2.27. The molecule has 0 bridgehead atoms. The van der Waals surface area contributed by atoms with Crippen LogP contribution >= 0.6 is 0 Å². The molecule has 1 heterocycles. The zero-order chi connectivity index (χ0) is 12.5. The molecule has 98 valence electrons. The fourth-order valence-corrected chi connectivity index (χ4v) is 2.71. The molecule has 0 saturated heterocycles. The molecule has 0 aliphatic heterocycles. The van der Waals surface area contributed by atoms with E-state index in [0.29, 0.717) is 12.0 Å². The van der Waals surface area contributed by atoms with Crippen LogP contribution in [-0.2, 0) is 0 Å². The number of hydrogen-bond donors (Lipinski definition) is 2. The van der Waals surface area contributed by atoms with Gasteiger partial charge in [-0.1, -0.05) is 12.8 Å². The van der Waals surface area contributed by atoms with E-state index in [1.165, 1.54) is 38.5 Å². The monoisotopic (exact) mass is 247 g/mol. The second-order valence-electron chi connectivity index (χ2n) is 5.44. The molecular formula is C13H21N5.